The molecule has 0 spiro atoms. The summed E-state index contributed by atoms with van der Waals surface area (Å²) < 4.78 is 27.6. The van der Waals surface area contributed by atoms with E-state index in [-0.39, 0.29) is 41.9 Å². The Balaban J connectivity index is 1.47. The monoisotopic (exact) mass is 520 g/mol. The topological polar surface area (TPSA) is 132 Å². The van der Waals surface area contributed by atoms with Gasteiger partial charge >= 0.3 is 5.63 Å². The molecule has 1 atom stereocenters. The Bertz CT molecular complexity index is 1550. The van der Waals surface area contributed by atoms with Gasteiger partial charge in [0.15, 0.2) is 11.5 Å². The third kappa shape index (κ3) is 4.60. The second kappa shape index (κ2) is 10.4. The number of aryl methyl sites for hydroxylation is 1. The first-order chi connectivity index (χ1) is 18.4. The number of nitrogens with one attached hydrogen (secondary N) is 2. The quantitative estimate of drug-likeness (QED) is 0.304. The average Bonchev–Trinajstić information content (AvgIpc) is 3.54. The SMILES string of the molecule is COc1cc(C(CC(=O)NCCc2c[nH]c3ccccc23)c2c(O)cc(C)oc2=O)c(OC)c2c1OCO2. The Kier molecular flexibility index (Phi) is 6.87. The van der Waals surface area contributed by atoms with Gasteiger partial charge in [-0.15, -0.1) is 0 Å². The van der Waals surface area contributed by atoms with Crippen molar-refractivity contribution in [3.63, 3.8) is 0 Å². The van der Waals surface area contributed by atoms with E-state index in [0.29, 0.717) is 35.8 Å². The standard InChI is InChI=1S/C28H28N2O8/c1-15-10-21(31)24(28(33)38-15)18(19-11-22(34-2)26-27(25(19)35-3)37-14-36-26)12-23(32)29-9-8-16-13-30-20-7-5-4-6-17(16)20/h4-7,10-11,13,18,30-31H,8-9,12,14H2,1-3H3,(H,29,32). The minimum absolute atomic E-state index is 0.0393. The van der Waals surface area contributed by atoms with Gasteiger partial charge in [0.05, 0.1) is 19.8 Å². The zero-order chi connectivity index (χ0) is 26.8. The second-order valence-corrected chi connectivity index (χ2v) is 8.93. The molecule has 1 amide bonds. The molecule has 0 saturated carbocycles. The third-order valence-electron chi connectivity index (χ3n) is 6.61. The van der Waals surface area contributed by atoms with Crippen LogP contribution in [-0.2, 0) is 11.2 Å². The number of fused-ring (bicyclic) bond motifs is 2. The lowest BCUT2D eigenvalue weighted by molar-refractivity contribution is -0.121. The Labute approximate surface area is 218 Å². The summed E-state index contributed by atoms with van der Waals surface area (Å²) in [7, 11) is 2.92. The molecule has 0 saturated heterocycles. The Hall–Kier alpha value is -4.60. The van der Waals surface area contributed by atoms with E-state index < -0.39 is 11.5 Å². The lowest BCUT2D eigenvalue weighted by atomic mass is 9.87. The number of hydrogen-bond donors (Lipinski definition) is 3. The fourth-order valence-electron chi connectivity index (χ4n) is 4.88. The first-order valence-electron chi connectivity index (χ1n) is 12.1. The van der Waals surface area contributed by atoms with E-state index in [1.807, 2.05) is 30.5 Å². The van der Waals surface area contributed by atoms with Crippen molar-refractivity contribution in [2.75, 3.05) is 27.6 Å². The normalized spacial score (nSPS) is 12.9. The summed E-state index contributed by atoms with van der Waals surface area (Å²) in [6.07, 6.45) is 2.37. The molecule has 0 radical (unpaired) electrons. The van der Waals surface area contributed by atoms with Gasteiger partial charge < -0.3 is 38.8 Å². The second-order valence-electron chi connectivity index (χ2n) is 8.93. The van der Waals surface area contributed by atoms with Gasteiger partial charge in [0.25, 0.3) is 0 Å². The number of ether oxygens (including phenoxy) is 4. The molecule has 10 heteroatoms. The van der Waals surface area contributed by atoms with Crippen LogP contribution in [0.25, 0.3) is 10.9 Å². The van der Waals surface area contributed by atoms with E-state index in [1.165, 1.54) is 20.3 Å². The van der Waals surface area contributed by atoms with Crippen molar-refractivity contribution in [2.24, 2.45) is 0 Å². The lowest BCUT2D eigenvalue weighted by Gasteiger charge is -2.22. The van der Waals surface area contributed by atoms with Crippen molar-refractivity contribution in [2.45, 2.75) is 25.7 Å². The van der Waals surface area contributed by atoms with Gasteiger partial charge in [0.2, 0.25) is 24.2 Å². The number of aromatic amines is 1. The number of amides is 1. The molecule has 198 valence electrons. The number of carbonyl (C=O) groups excluding carboxylic acids is 1. The minimum atomic E-state index is -0.932. The van der Waals surface area contributed by atoms with Gasteiger partial charge in [0.1, 0.15) is 11.5 Å². The first kappa shape index (κ1) is 25.1. The van der Waals surface area contributed by atoms with Crippen LogP contribution in [0, 0.1) is 6.92 Å². The fraction of sp³-hybridized carbons (Fsp3) is 0.286. The van der Waals surface area contributed by atoms with Crippen molar-refractivity contribution >= 4 is 16.8 Å². The van der Waals surface area contributed by atoms with Crippen LogP contribution in [0.3, 0.4) is 0 Å². The number of aromatic nitrogens is 1. The number of rotatable bonds is 9. The van der Waals surface area contributed by atoms with E-state index in [0.717, 1.165) is 16.5 Å². The smallest absolute Gasteiger partial charge is 0.343 e. The van der Waals surface area contributed by atoms with Crippen LogP contribution >= 0.6 is 0 Å². The number of methoxy groups -OCH3 is 2. The highest BCUT2D eigenvalue weighted by Gasteiger charge is 2.34. The molecule has 1 aliphatic rings. The highest BCUT2D eigenvalue weighted by molar-refractivity contribution is 5.83. The van der Waals surface area contributed by atoms with Crippen molar-refractivity contribution in [3.05, 3.63) is 75.5 Å². The van der Waals surface area contributed by atoms with Gasteiger partial charge in [0, 0.05) is 47.6 Å². The molecule has 38 heavy (non-hydrogen) atoms. The van der Waals surface area contributed by atoms with Crippen molar-refractivity contribution in [3.8, 4) is 28.7 Å². The average molecular weight is 521 g/mol. The molecule has 0 fully saturated rings. The predicted octanol–water partition coefficient (Wildman–Crippen LogP) is 3.76. The molecule has 3 N–H and O–H groups in total. The van der Waals surface area contributed by atoms with E-state index in [2.05, 4.69) is 10.3 Å². The van der Waals surface area contributed by atoms with Crippen LogP contribution in [0.5, 0.6) is 28.7 Å². The van der Waals surface area contributed by atoms with E-state index in [9.17, 15) is 14.7 Å². The van der Waals surface area contributed by atoms with Gasteiger partial charge in [-0.25, -0.2) is 4.79 Å². The molecule has 1 aliphatic heterocycles. The lowest BCUT2D eigenvalue weighted by Crippen LogP contribution is -2.29. The van der Waals surface area contributed by atoms with Crippen molar-refractivity contribution in [1.29, 1.82) is 0 Å². The van der Waals surface area contributed by atoms with Crippen LogP contribution in [0.2, 0.25) is 0 Å². The largest absolute Gasteiger partial charge is 0.507 e. The highest BCUT2D eigenvalue weighted by atomic mass is 16.7. The fourth-order valence-corrected chi connectivity index (χ4v) is 4.88. The molecule has 4 aromatic rings. The molecule has 0 bridgehead atoms. The number of carbonyl (C=O) groups is 1. The number of para-hydroxylation sites is 1. The summed E-state index contributed by atoms with van der Waals surface area (Å²) in [5.74, 6) is -0.0327. The summed E-state index contributed by atoms with van der Waals surface area (Å²) in [5.41, 5.74) is 1.70. The van der Waals surface area contributed by atoms with E-state index in [1.54, 1.807) is 13.0 Å². The molecular weight excluding hydrogens is 492 g/mol. The van der Waals surface area contributed by atoms with Gasteiger partial charge in [-0.3, -0.25) is 4.79 Å². The number of H-pyrrole nitrogens is 1. The zero-order valence-corrected chi connectivity index (χ0v) is 21.3. The van der Waals surface area contributed by atoms with E-state index >= 15 is 0 Å². The maximum Gasteiger partial charge on any atom is 0.343 e. The Morgan fingerprint density at radius 3 is 2.71 bits per heavy atom. The molecule has 10 nitrogen and oxygen atoms in total. The molecule has 2 aromatic heterocycles. The van der Waals surface area contributed by atoms with Crippen molar-refractivity contribution < 1.29 is 33.3 Å². The Morgan fingerprint density at radius 2 is 1.95 bits per heavy atom. The first-order valence-corrected chi connectivity index (χ1v) is 12.1. The number of hydrogen-bond acceptors (Lipinski definition) is 8. The summed E-state index contributed by atoms with van der Waals surface area (Å²) >= 11 is 0. The molecule has 0 aliphatic carbocycles. The predicted molar refractivity (Wildman–Crippen MR) is 139 cm³/mol. The summed E-state index contributed by atoms with van der Waals surface area (Å²) in [4.78, 5) is 29.4. The number of benzene rings is 2. The van der Waals surface area contributed by atoms with Crippen LogP contribution in [0.4, 0.5) is 0 Å². The summed E-state index contributed by atoms with van der Waals surface area (Å²) in [6.45, 7) is 1.90. The molecule has 2 aromatic carbocycles. The maximum absolute atomic E-state index is 13.2. The molecule has 1 unspecified atom stereocenters. The van der Waals surface area contributed by atoms with Gasteiger partial charge in [-0.05, 0) is 31.0 Å². The third-order valence-corrected chi connectivity index (χ3v) is 6.61. The zero-order valence-electron chi connectivity index (χ0n) is 21.3. The van der Waals surface area contributed by atoms with Crippen molar-refractivity contribution in [1.82, 2.24) is 10.3 Å². The molecule has 5 rings (SSSR count). The van der Waals surface area contributed by atoms with Crippen LogP contribution in [0.1, 0.15) is 34.8 Å². The molecular formula is C28H28N2O8. The summed E-state index contributed by atoms with van der Waals surface area (Å²) in [5, 5.41) is 14.8. The molecule has 3 heterocycles. The van der Waals surface area contributed by atoms with Crippen LogP contribution in [0.15, 0.2) is 51.8 Å². The van der Waals surface area contributed by atoms with Gasteiger partial charge in [-0.1, -0.05) is 18.2 Å². The summed E-state index contributed by atoms with van der Waals surface area (Å²) in [6, 6.07) is 10.9. The Morgan fingerprint density at radius 1 is 1.16 bits per heavy atom. The minimum Gasteiger partial charge on any atom is -0.507 e. The van der Waals surface area contributed by atoms with Gasteiger partial charge in [-0.2, -0.15) is 0 Å². The van der Waals surface area contributed by atoms with Crippen LogP contribution in [-0.4, -0.2) is 43.6 Å². The van der Waals surface area contributed by atoms with E-state index in [4.69, 9.17) is 23.4 Å². The highest BCUT2D eigenvalue weighted by Crippen LogP contribution is 2.52. The maximum atomic E-state index is 13.2. The number of aromatic hydroxyl groups is 1. The van der Waals surface area contributed by atoms with Crippen LogP contribution < -0.4 is 29.9 Å².